The Morgan fingerprint density at radius 1 is 0.971 bits per heavy atom. The maximum Gasteiger partial charge on any atom is 0.255 e. The van der Waals surface area contributed by atoms with Crippen molar-refractivity contribution in [3.63, 3.8) is 0 Å². The van der Waals surface area contributed by atoms with Gasteiger partial charge in [0.2, 0.25) is 5.91 Å². The number of ether oxygens (including phenoxy) is 1. The number of carbonyl (C=O) groups is 2. The highest BCUT2D eigenvalue weighted by molar-refractivity contribution is 6.03. The van der Waals surface area contributed by atoms with Gasteiger partial charge in [0, 0.05) is 11.8 Å². The maximum absolute atomic E-state index is 13.2. The van der Waals surface area contributed by atoms with Crippen LogP contribution in [0.1, 0.15) is 21.5 Å². The molecule has 3 aromatic carbocycles. The van der Waals surface area contributed by atoms with Crippen molar-refractivity contribution >= 4 is 17.5 Å². The predicted octanol–water partition coefficient (Wildman–Crippen LogP) is 4.53. The average molecular weight is 455 g/mol. The van der Waals surface area contributed by atoms with E-state index in [1.54, 1.807) is 24.1 Å². The summed E-state index contributed by atoms with van der Waals surface area (Å²) < 4.78 is 6.98. The van der Waals surface area contributed by atoms with E-state index in [0.717, 1.165) is 22.4 Å². The molecule has 172 valence electrons. The molecule has 0 aliphatic heterocycles. The van der Waals surface area contributed by atoms with E-state index in [4.69, 9.17) is 9.84 Å². The van der Waals surface area contributed by atoms with Gasteiger partial charge in [-0.3, -0.25) is 9.59 Å². The van der Waals surface area contributed by atoms with Gasteiger partial charge in [0.15, 0.2) is 0 Å². The van der Waals surface area contributed by atoms with Crippen LogP contribution in [0.25, 0.3) is 16.9 Å². The van der Waals surface area contributed by atoms with E-state index in [2.05, 4.69) is 10.6 Å². The van der Waals surface area contributed by atoms with Gasteiger partial charge in [-0.2, -0.15) is 5.10 Å². The summed E-state index contributed by atoms with van der Waals surface area (Å²) in [5, 5.41) is 10.2. The van der Waals surface area contributed by atoms with Gasteiger partial charge < -0.3 is 15.4 Å². The summed E-state index contributed by atoms with van der Waals surface area (Å²) in [5.41, 5.74) is 5.17. The zero-order valence-electron chi connectivity index (χ0n) is 19.3. The third-order valence-corrected chi connectivity index (χ3v) is 5.42. The first-order valence-electron chi connectivity index (χ1n) is 10.9. The first-order valence-corrected chi connectivity index (χ1v) is 10.9. The van der Waals surface area contributed by atoms with Crippen LogP contribution in [0.5, 0.6) is 5.75 Å². The standard InChI is InChI=1S/C27H26N4O3/c1-18-13-14-24(34-3)23(15-18)29-25(32)16-28-27(33)22-17-31(20-10-5-4-6-11-20)30-26(22)21-12-8-7-9-19(21)2/h4-15,17H,16H2,1-3H3,(H,28,33)(H,29,32). The highest BCUT2D eigenvalue weighted by atomic mass is 16.5. The number of para-hydroxylation sites is 1. The molecule has 0 atom stereocenters. The van der Waals surface area contributed by atoms with Crippen molar-refractivity contribution in [1.29, 1.82) is 0 Å². The summed E-state index contributed by atoms with van der Waals surface area (Å²) >= 11 is 0. The zero-order chi connectivity index (χ0) is 24.1. The Balaban J connectivity index is 1.57. The summed E-state index contributed by atoms with van der Waals surface area (Å²) in [6.07, 6.45) is 1.69. The van der Waals surface area contributed by atoms with Crippen LogP contribution in [0.3, 0.4) is 0 Å². The number of anilines is 1. The van der Waals surface area contributed by atoms with E-state index in [9.17, 15) is 9.59 Å². The number of methoxy groups -OCH3 is 1. The third kappa shape index (κ3) is 4.99. The number of hydrogen-bond acceptors (Lipinski definition) is 4. The molecule has 0 saturated carbocycles. The predicted molar refractivity (Wildman–Crippen MR) is 132 cm³/mol. The first kappa shape index (κ1) is 22.8. The lowest BCUT2D eigenvalue weighted by Gasteiger charge is -2.11. The molecule has 0 saturated heterocycles. The second-order valence-electron chi connectivity index (χ2n) is 7.92. The molecule has 2 amide bonds. The van der Waals surface area contributed by atoms with E-state index in [1.165, 1.54) is 0 Å². The highest BCUT2D eigenvalue weighted by Crippen LogP contribution is 2.27. The van der Waals surface area contributed by atoms with Gasteiger partial charge in [-0.15, -0.1) is 0 Å². The van der Waals surface area contributed by atoms with Crippen molar-refractivity contribution in [1.82, 2.24) is 15.1 Å². The Morgan fingerprint density at radius 2 is 1.71 bits per heavy atom. The van der Waals surface area contributed by atoms with Crippen molar-refractivity contribution in [2.45, 2.75) is 13.8 Å². The van der Waals surface area contributed by atoms with Crippen molar-refractivity contribution in [2.75, 3.05) is 19.0 Å². The number of rotatable bonds is 7. The summed E-state index contributed by atoms with van der Waals surface area (Å²) in [6, 6.07) is 22.8. The van der Waals surface area contributed by atoms with Gasteiger partial charge in [0.05, 0.1) is 30.6 Å². The Labute approximate surface area is 198 Å². The largest absolute Gasteiger partial charge is 0.495 e. The SMILES string of the molecule is COc1ccc(C)cc1NC(=O)CNC(=O)c1cn(-c2ccccc2)nc1-c1ccccc1C. The van der Waals surface area contributed by atoms with E-state index in [0.29, 0.717) is 22.7 Å². The zero-order valence-corrected chi connectivity index (χ0v) is 19.3. The van der Waals surface area contributed by atoms with E-state index in [1.807, 2.05) is 80.6 Å². The molecule has 0 unspecified atom stereocenters. The Morgan fingerprint density at radius 3 is 2.44 bits per heavy atom. The number of hydrogen-bond donors (Lipinski definition) is 2. The molecule has 0 fully saturated rings. The lowest BCUT2D eigenvalue weighted by Crippen LogP contribution is -2.33. The topological polar surface area (TPSA) is 85.3 Å². The summed E-state index contributed by atoms with van der Waals surface area (Å²) in [4.78, 5) is 25.7. The minimum absolute atomic E-state index is 0.195. The molecule has 4 rings (SSSR count). The molecule has 1 aromatic heterocycles. The van der Waals surface area contributed by atoms with Crippen LogP contribution >= 0.6 is 0 Å². The Hall–Kier alpha value is -4.39. The van der Waals surface area contributed by atoms with Crippen molar-refractivity contribution in [2.24, 2.45) is 0 Å². The van der Waals surface area contributed by atoms with Gasteiger partial charge in [-0.05, 0) is 49.2 Å². The second kappa shape index (κ2) is 10.0. The van der Waals surface area contributed by atoms with Crippen molar-refractivity contribution in [3.05, 3.63) is 95.7 Å². The van der Waals surface area contributed by atoms with Gasteiger partial charge in [0.1, 0.15) is 11.4 Å². The lowest BCUT2D eigenvalue weighted by molar-refractivity contribution is -0.115. The van der Waals surface area contributed by atoms with E-state index >= 15 is 0 Å². The van der Waals surface area contributed by atoms with E-state index < -0.39 is 0 Å². The van der Waals surface area contributed by atoms with Crippen molar-refractivity contribution < 1.29 is 14.3 Å². The van der Waals surface area contributed by atoms with E-state index in [-0.39, 0.29) is 18.4 Å². The fourth-order valence-corrected chi connectivity index (χ4v) is 3.66. The number of carbonyl (C=O) groups excluding carboxylic acids is 2. The van der Waals surface area contributed by atoms with Gasteiger partial charge in [-0.25, -0.2) is 4.68 Å². The molecule has 7 nitrogen and oxygen atoms in total. The molecular weight excluding hydrogens is 428 g/mol. The molecule has 0 aliphatic rings. The molecular formula is C27H26N4O3. The summed E-state index contributed by atoms with van der Waals surface area (Å²) in [7, 11) is 1.54. The molecule has 4 aromatic rings. The molecule has 34 heavy (non-hydrogen) atoms. The van der Waals surface area contributed by atoms with Gasteiger partial charge >= 0.3 is 0 Å². The minimum Gasteiger partial charge on any atom is -0.495 e. The van der Waals surface area contributed by atoms with Crippen LogP contribution in [0.2, 0.25) is 0 Å². The summed E-state index contributed by atoms with van der Waals surface area (Å²) in [6.45, 7) is 3.70. The molecule has 0 radical (unpaired) electrons. The fourth-order valence-electron chi connectivity index (χ4n) is 3.66. The molecule has 7 heteroatoms. The maximum atomic E-state index is 13.2. The van der Waals surface area contributed by atoms with Crippen LogP contribution in [0, 0.1) is 13.8 Å². The van der Waals surface area contributed by atoms with Gasteiger partial charge in [-0.1, -0.05) is 48.5 Å². The number of aromatic nitrogens is 2. The Kier molecular flexibility index (Phi) is 6.73. The van der Waals surface area contributed by atoms with Crippen LogP contribution in [-0.2, 0) is 4.79 Å². The van der Waals surface area contributed by atoms with Crippen LogP contribution in [-0.4, -0.2) is 35.2 Å². The van der Waals surface area contributed by atoms with Crippen molar-refractivity contribution in [3.8, 4) is 22.7 Å². The summed E-state index contributed by atoms with van der Waals surface area (Å²) in [5.74, 6) is -0.187. The molecule has 0 aliphatic carbocycles. The molecule has 2 N–H and O–H groups in total. The minimum atomic E-state index is -0.383. The lowest BCUT2D eigenvalue weighted by atomic mass is 10.0. The third-order valence-electron chi connectivity index (χ3n) is 5.42. The monoisotopic (exact) mass is 454 g/mol. The second-order valence-corrected chi connectivity index (χ2v) is 7.92. The number of aryl methyl sites for hydroxylation is 2. The van der Waals surface area contributed by atoms with Gasteiger partial charge in [0.25, 0.3) is 5.91 Å². The molecule has 0 spiro atoms. The number of benzene rings is 3. The first-order chi connectivity index (χ1) is 16.5. The number of nitrogens with one attached hydrogen (secondary N) is 2. The highest BCUT2D eigenvalue weighted by Gasteiger charge is 2.20. The normalized spacial score (nSPS) is 10.6. The average Bonchev–Trinajstić information content (AvgIpc) is 3.29. The quantitative estimate of drug-likeness (QED) is 0.430. The fraction of sp³-hybridized carbons (Fsp3) is 0.148. The smallest absolute Gasteiger partial charge is 0.255 e. The number of nitrogens with zero attached hydrogens (tertiary/aromatic N) is 2. The number of amides is 2. The van der Waals surface area contributed by atoms with Crippen LogP contribution < -0.4 is 15.4 Å². The Bertz CT molecular complexity index is 1330. The van der Waals surface area contributed by atoms with Crippen LogP contribution in [0.4, 0.5) is 5.69 Å². The molecule has 1 heterocycles. The van der Waals surface area contributed by atoms with Crippen LogP contribution in [0.15, 0.2) is 79.0 Å². The molecule has 0 bridgehead atoms.